The van der Waals surface area contributed by atoms with Crippen LogP contribution in [0.1, 0.15) is 51.4 Å². The van der Waals surface area contributed by atoms with Crippen molar-refractivity contribution in [1.29, 1.82) is 0 Å². The van der Waals surface area contributed by atoms with E-state index < -0.39 is 0 Å². The van der Waals surface area contributed by atoms with Crippen LogP contribution in [-0.2, 0) is 4.74 Å². The minimum atomic E-state index is 0.592. The van der Waals surface area contributed by atoms with Gasteiger partial charge in [-0.05, 0) is 50.0 Å². The Morgan fingerprint density at radius 2 is 1.94 bits per heavy atom. The largest absolute Gasteiger partial charge is 0.385 e. The number of rotatable bonds is 7. The zero-order valence-electron chi connectivity index (χ0n) is 10.8. The molecule has 0 aromatic carbocycles. The smallest absolute Gasteiger partial charge is 0.0468 e. The van der Waals surface area contributed by atoms with E-state index in [4.69, 9.17) is 4.74 Å². The predicted octanol–water partition coefficient (Wildman–Crippen LogP) is 2.97. The first-order valence-corrected chi connectivity index (χ1v) is 7.04. The van der Waals surface area contributed by atoms with Crippen molar-refractivity contribution >= 4 is 0 Å². The average molecular weight is 225 g/mol. The minimum absolute atomic E-state index is 0.592. The lowest BCUT2D eigenvalue weighted by atomic mass is 9.66. The van der Waals surface area contributed by atoms with E-state index in [1.165, 1.54) is 64.5 Å². The van der Waals surface area contributed by atoms with Crippen LogP contribution in [0, 0.1) is 11.3 Å². The van der Waals surface area contributed by atoms with Crippen LogP contribution in [0.2, 0.25) is 0 Å². The molecule has 2 heteroatoms. The Kier molecular flexibility index (Phi) is 4.66. The van der Waals surface area contributed by atoms with E-state index in [2.05, 4.69) is 5.32 Å². The molecule has 0 spiro atoms. The highest BCUT2D eigenvalue weighted by molar-refractivity contribution is 4.89. The number of nitrogens with one attached hydrogen (secondary N) is 1. The van der Waals surface area contributed by atoms with Crippen molar-refractivity contribution in [3.05, 3.63) is 0 Å². The zero-order chi connectivity index (χ0) is 11.3. The maximum atomic E-state index is 5.23. The summed E-state index contributed by atoms with van der Waals surface area (Å²) in [5.41, 5.74) is 0.592. The van der Waals surface area contributed by atoms with Crippen LogP contribution in [0.15, 0.2) is 0 Å². The molecule has 0 radical (unpaired) electrons. The Hall–Kier alpha value is -0.0800. The molecule has 0 heterocycles. The highest BCUT2D eigenvalue weighted by Crippen LogP contribution is 2.43. The Morgan fingerprint density at radius 3 is 2.50 bits per heavy atom. The quantitative estimate of drug-likeness (QED) is 0.719. The summed E-state index contributed by atoms with van der Waals surface area (Å²) in [4.78, 5) is 0. The van der Waals surface area contributed by atoms with Gasteiger partial charge in [-0.1, -0.05) is 19.3 Å². The Labute approximate surface area is 100 Å². The molecule has 0 aromatic heterocycles. The van der Waals surface area contributed by atoms with Crippen LogP contribution in [0.5, 0.6) is 0 Å². The molecule has 0 bridgehead atoms. The van der Waals surface area contributed by atoms with Crippen LogP contribution < -0.4 is 5.32 Å². The molecule has 0 atom stereocenters. The van der Waals surface area contributed by atoms with E-state index in [9.17, 15) is 0 Å². The van der Waals surface area contributed by atoms with Crippen LogP contribution in [0.4, 0.5) is 0 Å². The van der Waals surface area contributed by atoms with Gasteiger partial charge in [0.2, 0.25) is 0 Å². The van der Waals surface area contributed by atoms with Crippen molar-refractivity contribution in [2.45, 2.75) is 51.4 Å². The van der Waals surface area contributed by atoms with E-state index in [0.29, 0.717) is 5.41 Å². The first-order chi connectivity index (χ1) is 7.85. The van der Waals surface area contributed by atoms with Crippen molar-refractivity contribution < 1.29 is 4.74 Å². The van der Waals surface area contributed by atoms with Gasteiger partial charge >= 0.3 is 0 Å². The third kappa shape index (κ3) is 3.21. The number of hydrogen-bond donors (Lipinski definition) is 1. The van der Waals surface area contributed by atoms with Crippen molar-refractivity contribution in [1.82, 2.24) is 5.32 Å². The second-order valence-electron chi connectivity index (χ2n) is 5.88. The highest BCUT2D eigenvalue weighted by Gasteiger charge is 2.36. The maximum Gasteiger partial charge on any atom is 0.0468 e. The molecule has 2 fully saturated rings. The second kappa shape index (κ2) is 6.02. The van der Waals surface area contributed by atoms with Gasteiger partial charge < -0.3 is 10.1 Å². The van der Waals surface area contributed by atoms with Crippen molar-refractivity contribution in [2.24, 2.45) is 11.3 Å². The normalized spacial score (nSPS) is 24.6. The summed E-state index contributed by atoms with van der Waals surface area (Å²) >= 11 is 0. The van der Waals surface area contributed by atoms with Gasteiger partial charge in [0.05, 0.1) is 0 Å². The molecule has 2 nitrogen and oxygen atoms in total. The van der Waals surface area contributed by atoms with Gasteiger partial charge in [-0.3, -0.25) is 0 Å². The van der Waals surface area contributed by atoms with Crippen LogP contribution >= 0.6 is 0 Å². The third-order valence-electron chi connectivity index (χ3n) is 4.66. The molecule has 2 saturated carbocycles. The molecule has 0 aromatic rings. The lowest BCUT2D eigenvalue weighted by Crippen LogP contribution is -2.41. The summed E-state index contributed by atoms with van der Waals surface area (Å²) in [6, 6.07) is 0. The summed E-state index contributed by atoms with van der Waals surface area (Å²) in [7, 11) is 1.82. The summed E-state index contributed by atoms with van der Waals surface area (Å²) in [6.07, 6.45) is 11.3. The molecule has 94 valence electrons. The predicted molar refractivity (Wildman–Crippen MR) is 67.6 cm³/mol. The number of methoxy groups -OCH3 is 1. The van der Waals surface area contributed by atoms with Crippen molar-refractivity contribution in [2.75, 3.05) is 26.8 Å². The van der Waals surface area contributed by atoms with Gasteiger partial charge in [-0.15, -0.1) is 0 Å². The molecule has 2 aliphatic rings. The first kappa shape index (κ1) is 12.4. The summed E-state index contributed by atoms with van der Waals surface area (Å²) < 4.78 is 5.23. The Bertz CT molecular complexity index is 195. The lowest BCUT2D eigenvalue weighted by molar-refractivity contribution is 0.0684. The zero-order valence-corrected chi connectivity index (χ0v) is 10.8. The van der Waals surface area contributed by atoms with Gasteiger partial charge in [-0.2, -0.15) is 0 Å². The first-order valence-electron chi connectivity index (χ1n) is 7.04. The second-order valence-corrected chi connectivity index (χ2v) is 5.88. The van der Waals surface area contributed by atoms with Crippen molar-refractivity contribution in [3.63, 3.8) is 0 Å². The van der Waals surface area contributed by atoms with Crippen LogP contribution in [0.3, 0.4) is 0 Å². The van der Waals surface area contributed by atoms with E-state index >= 15 is 0 Å². The molecule has 0 unspecified atom stereocenters. The molecule has 0 amide bonds. The van der Waals surface area contributed by atoms with Gasteiger partial charge in [0.25, 0.3) is 0 Å². The summed E-state index contributed by atoms with van der Waals surface area (Å²) in [6.45, 7) is 3.42. The monoisotopic (exact) mass is 225 g/mol. The van der Waals surface area contributed by atoms with E-state index in [-0.39, 0.29) is 0 Å². The molecule has 16 heavy (non-hydrogen) atoms. The van der Waals surface area contributed by atoms with Gasteiger partial charge in [0.1, 0.15) is 0 Å². The van der Waals surface area contributed by atoms with Gasteiger partial charge in [0.15, 0.2) is 0 Å². The van der Waals surface area contributed by atoms with E-state index in [1.807, 2.05) is 7.11 Å². The molecular formula is C14H27NO. The van der Waals surface area contributed by atoms with Crippen LogP contribution in [0.25, 0.3) is 0 Å². The highest BCUT2D eigenvalue weighted by atomic mass is 16.5. The molecule has 1 N–H and O–H groups in total. The number of hydrogen-bond acceptors (Lipinski definition) is 2. The van der Waals surface area contributed by atoms with Crippen molar-refractivity contribution in [3.8, 4) is 0 Å². The SMILES string of the molecule is COCCC1(CNCC2CCCC2)CCC1. The molecular weight excluding hydrogens is 198 g/mol. The standard InChI is InChI=1S/C14H27NO/c1-16-10-9-14(7-4-8-14)12-15-11-13-5-2-3-6-13/h13,15H,2-12H2,1H3. The third-order valence-corrected chi connectivity index (χ3v) is 4.66. The fraction of sp³-hybridized carbons (Fsp3) is 1.00. The fourth-order valence-electron chi connectivity index (χ4n) is 3.27. The molecule has 0 saturated heterocycles. The minimum Gasteiger partial charge on any atom is -0.385 e. The summed E-state index contributed by atoms with van der Waals surface area (Å²) in [5, 5.41) is 3.72. The molecule has 2 aliphatic carbocycles. The average Bonchev–Trinajstić information content (AvgIpc) is 2.73. The molecule has 2 rings (SSSR count). The molecule has 0 aliphatic heterocycles. The van der Waals surface area contributed by atoms with Gasteiger partial charge in [-0.25, -0.2) is 0 Å². The van der Waals surface area contributed by atoms with Crippen LogP contribution in [-0.4, -0.2) is 26.8 Å². The maximum absolute atomic E-state index is 5.23. The van der Waals surface area contributed by atoms with Gasteiger partial charge in [0, 0.05) is 20.3 Å². The number of ether oxygens (including phenoxy) is 1. The topological polar surface area (TPSA) is 21.3 Å². The Morgan fingerprint density at radius 1 is 1.19 bits per heavy atom. The summed E-state index contributed by atoms with van der Waals surface area (Å²) in [5.74, 6) is 0.972. The van der Waals surface area contributed by atoms with E-state index in [1.54, 1.807) is 0 Å². The Balaban J connectivity index is 1.62. The lowest BCUT2D eigenvalue weighted by Gasteiger charge is -2.42. The fourth-order valence-corrected chi connectivity index (χ4v) is 3.27. The van der Waals surface area contributed by atoms with E-state index in [0.717, 1.165) is 12.5 Å².